The number of halogens is 1. The van der Waals surface area contributed by atoms with E-state index in [1.807, 2.05) is 35.0 Å². The lowest BCUT2D eigenvalue weighted by Crippen LogP contribution is -2.02. The number of aryl methyl sites for hydroxylation is 1. The first-order chi connectivity index (χ1) is 9.19. The Hall–Kier alpha value is -1.56. The number of imidazole rings is 1. The first kappa shape index (κ1) is 12.5. The molecule has 0 aliphatic rings. The summed E-state index contributed by atoms with van der Waals surface area (Å²) < 4.78 is 7.81. The molecule has 0 radical (unpaired) electrons. The second-order valence-corrected chi connectivity index (χ2v) is 5.44. The lowest BCUT2D eigenvalue weighted by Gasteiger charge is -2.08. The fourth-order valence-electron chi connectivity index (χ4n) is 1.87. The van der Waals surface area contributed by atoms with Gasteiger partial charge in [-0.05, 0) is 24.6 Å². The molecule has 3 aromatic rings. The van der Waals surface area contributed by atoms with E-state index in [1.54, 1.807) is 17.4 Å². The number of hydrogen-bond donors (Lipinski definition) is 1. The number of hydrogen-bond acceptors (Lipinski definition) is 4. The highest BCUT2D eigenvalue weighted by molar-refractivity contribution is 7.15. The molecule has 0 saturated carbocycles. The standard InChI is InChI=1S/C13H12ClN3OS/c1-8-2-3-9(14)6-11(8)18-12-10(7-15)17-4-5-19-13(17)16-12/h2-6H,7,15H2,1H3. The smallest absolute Gasteiger partial charge is 0.243 e. The van der Waals surface area contributed by atoms with Gasteiger partial charge in [-0.3, -0.25) is 4.40 Å². The molecule has 0 unspecified atom stereocenters. The van der Waals surface area contributed by atoms with Crippen molar-refractivity contribution in [3.63, 3.8) is 0 Å². The summed E-state index contributed by atoms with van der Waals surface area (Å²) in [4.78, 5) is 5.32. The van der Waals surface area contributed by atoms with E-state index in [0.717, 1.165) is 16.2 Å². The third-order valence-corrected chi connectivity index (χ3v) is 3.87. The van der Waals surface area contributed by atoms with Crippen LogP contribution in [-0.2, 0) is 6.54 Å². The normalized spacial score (nSPS) is 11.1. The summed E-state index contributed by atoms with van der Waals surface area (Å²) in [6.45, 7) is 2.33. The Balaban J connectivity index is 2.05. The Labute approximate surface area is 119 Å². The molecule has 0 amide bonds. The van der Waals surface area contributed by atoms with Gasteiger partial charge in [-0.2, -0.15) is 4.98 Å². The molecular formula is C13H12ClN3OS. The summed E-state index contributed by atoms with van der Waals surface area (Å²) in [5.41, 5.74) is 7.64. The molecule has 0 bridgehead atoms. The SMILES string of the molecule is Cc1ccc(Cl)cc1Oc1nc2sccn2c1CN. The van der Waals surface area contributed by atoms with Gasteiger partial charge >= 0.3 is 0 Å². The monoisotopic (exact) mass is 293 g/mol. The minimum absolute atomic E-state index is 0.368. The Morgan fingerprint density at radius 1 is 1.47 bits per heavy atom. The Kier molecular flexibility index (Phi) is 3.18. The van der Waals surface area contributed by atoms with Crippen LogP contribution in [-0.4, -0.2) is 9.38 Å². The predicted octanol–water partition coefficient (Wildman–Crippen LogP) is 3.61. The van der Waals surface area contributed by atoms with Crippen molar-refractivity contribution in [2.45, 2.75) is 13.5 Å². The summed E-state index contributed by atoms with van der Waals surface area (Å²) in [5.74, 6) is 1.24. The summed E-state index contributed by atoms with van der Waals surface area (Å²) in [7, 11) is 0. The second-order valence-electron chi connectivity index (χ2n) is 4.14. The predicted molar refractivity (Wildman–Crippen MR) is 77.2 cm³/mol. The van der Waals surface area contributed by atoms with Crippen molar-refractivity contribution in [1.29, 1.82) is 0 Å². The van der Waals surface area contributed by atoms with Gasteiger partial charge in [-0.25, -0.2) is 0 Å². The van der Waals surface area contributed by atoms with E-state index in [4.69, 9.17) is 22.1 Å². The van der Waals surface area contributed by atoms with Crippen LogP contribution in [0.3, 0.4) is 0 Å². The average molecular weight is 294 g/mol. The zero-order valence-corrected chi connectivity index (χ0v) is 11.8. The number of benzene rings is 1. The number of rotatable bonds is 3. The first-order valence-corrected chi connectivity index (χ1v) is 7.03. The molecule has 0 spiro atoms. The highest BCUT2D eigenvalue weighted by Gasteiger charge is 2.14. The maximum atomic E-state index is 5.99. The summed E-state index contributed by atoms with van der Waals surface area (Å²) in [6.07, 6.45) is 1.94. The summed E-state index contributed by atoms with van der Waals surface area (Å²) >= 11 is 7.53. The molecule has 0 aliphatic carbocycles. The molecule has 4 nitrogen and oxygen atoms in total. The summed E-state index contributed by atoms with van der Waals surface area (Å²) in [6, 6.07) is 5.53. The van der Waals surface area contributed by atoms with Crippen LogP contribution >= 0.6 is 22.9 Å². The molecule has 0 fully saturated rings. The Bertz CT molecular complexity index is 735. The van der Waals surface area contributed by atoms with Crippen molar-refractivity contribution in [2.75, 3.05) is 0 Å². The molecule has 1 aromatic carbocycles. The largest absolute Gasteiger partial charge is 0.437 e. The molecule has 2 heterocycles. The fraction of sp³-hybridized carbons (Fsp3) is 0.154. The van der Waals surface area contributed by atoms with Gasteiger partial charge in [0.1, 0.15) is 11.4 Å². The molecule has 19 heavy (non-hydrogen) atoms. The fourth-order valence-corrected chi connectivity index (χ4v) is 2.75. The van der Waals surface area contributed by atoms with Gasteiger partial charge in [0.15, 0.2) is 4.96 Å². The quantitative estimate of drug-likeness (QED) is 0.802. The molecule has 2 aromatic heterocycles. The lowest BCUT2D eigenvalue weighted by atomic mass is 10.2. The number of nitrogens with two attached hydrogens (primary N) is 1. The topological polar surface area (TPSA) is 52.5 Å². The van der Waals surface area contributed by atoms with Crippen LogP contribution in [0.2, 0.25) is 5.02 Å². The minimum atomic E-state index is 0.368. The summed E-state index contributed by atoms with van der Waals surface area (Å²) in [5, 5.41) is 2.60. The van der Waals surface area contributed by atoms with Crippen LogP contribution in [0.5, 0.6) is 11.6 Å². The van der Waals surface area contributed by atoms with E-state index in [9.17, 15) is 0 Å². The van der Waals surface area contributed by atoms with Crippen molar-refractivity contribution in [2.24, 2.45) is 5.73 Å². The van der Waals surface area contributed by atoms with Crippen molar-refractivity contribution < 1.29 is 4.74 Å². The molecule has 0 saturated heterocycles. The minimum Gasteiger partial charge on any atom is -0.437 e. The van der Waals surface area contributed by atoms with E-state index < -0.39 is 0 Å². The van der Waals surface area contributed by atoms with E-state index in [1.165, 1.54) is 0 Å². The third-order valence-electron chi connectivity index (χ3n) is 2.87. The molecule has 0 aliphatic heterocycles. The second kappa shape index (κ2) is 4.85. The van der Waals surface area contributed by atoms with Gasteiger partial charge < -0.3 is 10.5 Å². The van der Waals surface area contributed by atoms with Gasteiger partial charge in [0.25, 0.3) is 0 Å². The molecule has 6 heteroatoms. The van der Waals surface area contributed by atoms with Crippen LogP contribution in [0.25, 0.3) is 4.96 Å². The van der Waals surface area contributed by atoms with Gasteiger partial charge in [0.05, 0.1) is 0 Å². The molecular weight excluding hydrogens is 282 g/mol. The van der Waals surface area contributed by atoms with Gasteiger partial charge in [-0.15, -0.1) is 11.3 Å². The van der Waals surface area contributed by atoms with Gasteiger partial charge in [0, 0.05) is 23.1 Å². The van der Waals surface area contributed by atoms with Gasteiger partial charge in [-0.1, -0.05) is 17.7 Å². The Morgan fingerprint density at radius 3 is 3.11 bits per heavy atom. The molecule has 98 valence electrons. The Morgan fingerprint density at radius 2 is 2.32 bits per heavy atom. The molecule has 0 atom stereocenters. The third kappa shape index (κ3) is 2.20. The zero-order chi connectivity index (χ0) is 13.4. The van der Waals surface area contributed by atoms with E-state index >= 15 is 0 Å². The highest BCUT2D eigenvalue weighted by atomic mass is 35.5. The number of aromatic nitrogens is 2. The molecule has 2 N–H and O–H groups in total. The maximum Gasteiger partial charge on any atom is 0.243 e. The average Bonchev–Trinajstić information content (AvgIpc) is 2.94. The van der Waals surface area contributed by atoms with E-state index in [-0.39, 0.29) is 0 Å². The number of nitrogens with zero attached hydrogens (tertiary/aromatic N) is 2. The van der Waals surface area contributed by atoms with Crippen molar-refractivity contribution in [1.82, 2.24) is 9.38 Å². The number of fused-ring (bicyclic) bond motifs is 1. The van der Waals surface area contributed by atoms with E-state index in [0.29, 0.717) is 23.2 Å². The van der Waals surface area contributed by atoms with Gasteiger partial charge in [0.2, 0.25) is 5.88 Å². The van der Waals surface area contributed by atoms with E-state index in [2.05, 4.69) is 4.98 Å². The molecule has 3 rings (SSSR count). The number of thiazole rings is 1. The van der Waals surface area contributed by atoms with Crippen molar-refractivity contribution >= 4 is 27.9 Å². The lowest BCUT2D eigenvalue weighted by molar-refractivity contribution is 0.456. The van der Waals surface area contributed by atoms with Crippen LogP contribution in [0.15, 0.2) is 29.8 Å². The van der Waals surface area contributed by atoms with Crippen LogP contribution in [0.1, 0.15) is 11.3 Å². The van der Waals surface area contributed by atoms with Crippen LogP contribution in [0, 0.1) is 6.92 Å². The van der Waals surface area contributed by atoms with Crippen molar-refractivity contribution in [3.05, 3.63) is 46.1 Å². The first-order valence-electron chi connectivity index (χ1n) is 5.77. The maximum absolute atomic E-state index is 5.99. The van der Waals surface area contributed by atoms with Crippen LogP contribution in [0.4, 0.5) is 0 Å². The van der Waals surface area contributed by atoms with Crippen molar-refractivity contribution in [3.8, 4) is 11.6 Å². The highest BCUT2D eigenvalue weighted by Crippen LogP contribution is 2.31. The van der Waals surface area contributed by atoms with Crippen LogP contribution < -0.4 is 10.5 Å². The number of ether oxygens (including phenoxy) is 1. The zero-order valence-electron chi connectivity index (χ0n) is 10.3.